The summed E-state index contributed by atoms with van der Waals surface area (Å²) in [6.07, 6.45) is 0.707. The van der Waals surface area contributed by atoms with E-state index in [0.29, 0.717) is 22.7 Å². The van der Waals surface area contributed by atoms with E-state index in [0.717, 1.165) is 11.3 Å². The molecule has 3 amide bonds. The van der Waals surface area contributed by atoms with Gasteiger partial charge in [-0.25, -0.2) is 9.59 Å². The molecule has 4 atom stereocenters. The minimum absolute atomic E-state index is 0.184. The summed E-state index contributed by atoms with van der Waals surface area (Å²) < 4.78 is 10.7. The van der Waals surface area contributed by atoms with Crippen LogP contribution in [0.25, 0.3) is 0 Å². The largest absolute Gasteiger partial charge is 0.477 e. The van der Waals surface area contributed by atoms with Gasteiger partial charge in [-0.3, -0.25) is 14.5 Å². The molecule has 214 valence electrons. The molecule has 0 bridgehead atoms. The number of thioether (sulfide) groups is 2. The van der Waals surface area contributed by atoms with Crippen LogP contribution in [0.4, 0.5) is 4.79 Å². The van der Waals surface area contributed by atoms with Gasteiger partial charge in [0.25, 0.3) is 11.6 Å². The van der Waals surface area contributed by atoms with Crippen LogP contribution in [0.3, 0.4) is 0 Å². The van der Waals surface area contributed by atoms with Crippen LogP contribution in [0.15, 0.2) is 46.8 Å². The average molecular weight is 592 g/mol. The number of β-lactam (4-membered cyclic amide) rings is 1. The van der Waals surface area contributed by atoms with Crippen LogP contribution in [-0.2, 0) is 23.9 Å². The molecule has 3 heterocycles. The zero-order valence-corrected chi connectivity index (χ0v) is 23.6. The number of nitrogens with one attached hydrogen (secondary N) is 3. The summed E-state index contributed by atoms with van der Waals surface area (Å²) in [7, 11) is 1.26. The van der Waals surface area contributed by atoms with Crippen LogP contribution in [0.5, 0.6) is 0 Å². The second-order valence-electron chi connectivity index (χ2n) is 8.88. The Morgan fingerprint density at radius 1 is 1.32 bits per heavy atom. The van der Waals surface area contributed by atoms with Crippen LogP contribution in [0.1, 0.15) is 38.3 Å². The predicted molar refractivity (Wildman–Crippen MR) is 144 cm³/mol. The fourth-order valence-electron chi connectivity index (χ4n) is 4.32. The van der Waals surface area contributed by atoms with Gasteiger partial charge in [0, 0.05) is 18.1 Å². The van der Waals surface area contributed by atoms with Crippen molar-refractivity contribution in [2.75, 3.05) is 19.5 Å². The zero-order chi connectivity index (χ0) is 28.9. The minimum atomic E-state index is -1.85. The van der Waals surface area contributed by atoms with Gasteiger partial charge in [0.15, 0.2) is 0 Å². The molecular formula is C24H29N7O7S2. The number of unbranched alkanes of at least 4 members (excludes halogenated alkanes) is 1. The molecule has 1 fully saturated rings. The smallest absolute Gasteiger partial charge is 0.408 e. The molecule has 40 heavy (non-hydrogen) atoms. The number of tetrazole rings is 1. The number of carboxylic acids is 1. The van der Waals surface area contributed by atoms with E-state index in [1.54, 1.807) is 37.3 Å². The molecule has 0 spiro atoms. The fraction of sp³-hybridized carbons (Fsp3) is 0.458. The van der Waals surface area contributed by atoms with Crippen molar-refractivity contribution in [3.63, 3.8) is 0 Å². The van der Waals surface area contributed by atoms with Gasteiger partial charge in [-0.15, -0.1) is 22.0 Å². The van der Waals surface area contributed by atoms with Crippen LogP contribution in [0, 0.1) is 0 Å². The number of fused-ring (bicyclic) bond motifs is 1. The van der Waals surface area contributed by atoms with Crippen molar-refractivity contribution in [3.8, 4) is 0 Å². The molecule has 1 aromatic heterocycles. The first-order valence-electron chi connectivity index (χ1n) is 12.4. The highest BCUT2D eigenvalue weighted by molar-refractivity contribution is 8.01. The SMILES string of the molecule is CCCCOC(=O)NC(C(=O)NC1(OC)C(=O)N2C(C(=O)O)=C(C(C)Sc3nn[nH]n3)CS[C@H]21)c1ccccc1. The van der Waals surface area contributed by atoms with E-state index in [9.17, 15) is 24.3 Å². The number of carbonyl (C=O) groups is 4. The normalized spacial score (nSPS) is 21.6. The number of H-pyrrole nitrogens is 1. The first kappa shape index (κ1) is 29.4. The topological polar surface area (TPSA) is 189 Å². The number of rotatable bonds is 12. The monoisotopic (exact) mass is 591 g/mol. The Hall–Kier alpha value is -3.63. The molecule has 16 heteroatoms. The Labute approximate surface area is 238 Å². The molecule has 4 N–H and O–H groups in total. The van der Waals surface area contributed by atoms with Gasteiger partial charge in [0.1, 0.15) is 17.1 Å². The van der Waals surface area contributed by atoms with E-state index in [1.165, 1.54) is 30.6 Å². The first-order valence-corrected chi connectivity index (χ1v) is 14.3. The molecular weight excluding hydrogens is 562 g/mol. The average Bonchev–Trinajstić information content (AvgIpc) is 3.47. The molecule has 2 aromatic rings. The maximum Gasteiger partial charge on any atom is 0.408 e. The van der Waals surface area contributed by atoms with Crippen molar-refractivity contribution in [1.82, 2.24) is 36.2 Å². The Kier molecular flexibility index (Phi) is 9.32. The van der Waals surface area contributed by atoms with E-state index in [-0.39, 0.29) is 23.3 Å². The Morgan fingerprint density at radius 3 is 2.70 bits per heavy atom. The summed E-state index contributed by atoms with van der Waals surface area (Å²) >= 11 is 2.45. The van der Waals surface area contributed by atoms with Crippen molar-refractivity contribution in [2.45, 2.75) is 54.2 Å². The lowest BCUT2D eigenvalue weighted by atomic mass is 9.96. The number of aliphatic carboxylic acids is 1. The molecule has 2 aliphatic rings. The number of amides is 3. The lowest BCUT2D eigenvalue weighted by Crippen LogP contribution is -2.81. The molecule has 0 saturated carbocycles. The quantitative estimate of drug-likeness (QED) is 0.121. The Morgan fingerprint density at radius 2 is 2.08 bits per heavy atom. The summed E-state index contributed by atoms with van der Waals surface area (Å²) in [5, 5.41) is 28.0. The number of benzene rings is 1. The molecule has 0 aliphatic carbocycles. The molecule has 1 saturated heterocycles. The van der Waals surface area contributed by atoms with Crippen LogP contribution in [-0.4, -0.2) is 90.3 Å². The van der Waals surface area contributed by atoms with Crippen LogP contribution in [0.2, 0.25) is 0 Å². The van der Waals surface area contributed by atoms with Crippen molar-refractivity contribution in [2.24, 2.45) is 0 Å². The number of hydrogen-bond acceptors (Lipinski definition) is 11. The number of hydrogen-bond donors (Lipinski definition) is 4. The summed E-state index contributed by atoms with van der Waals surface area (Å²) in [5.74, 6) is -2.51. The molecule has 4 rings (SSSR count). The van der Waals surface area contributed by atoms with Gasteiger partial charge in [0.05, 0.1) is 6.61 Å². The fourth-order valence-corrected chi connectivity index (χ4v) is 6.82. The third kappa shape index (κ3) is 5.78. The predicted octanol–water partition coefficient (Wildman–Crippen LogP) is 1.66. The van der Waals surface area contributed by atoms with Gasteiger partial charge in [-0.1, -0.05) is 55.4 Å². The van der Waals surface area contributed by atoms with Crippen molar-refractivity contribution in [1.29, 1.82) is 0 Å². The highest BCUT2D eigenvalue weighted by atomic mass is 32.2. The maximum absolute atomic E-state index is 13.6. The van der Waals surface area contributed by atoms with E-state index in [4.69, 9.17) is 9.47 Å². The van der Waals surface area contributed by atoms with E-state index >= 15 is 0 Å². The van der Waals surface area contributed by atoms with Crippen LogP contribution < -0.4 is 10.6 Å². The van der Waals surface area contributed by atoms with Gasteiger partial charge < -0.3 is 25.2 Å². The standard InChI is InChI=1S/C24H29N7O7S2/c1-4-5-11-38-23(36)25-16(14-9-7-6-8-10-14)18(32)26-24(37-3)20(35)31-17(19(33)34)15(12-39-21(24)31)13(2)40-22-27-29-30-28-22/h6-10,13,16,21H,4-5,11-12H2,1-3H3,(H,25,36)(H,26,32)(H,33,34)(H,27,28,29,30)/t13?,16?,21-,24?/m0/s1. The number of ether oxygens (including phenoxy) is 2. The Bertz CT molecular complexity index is 1280. The number of aromatic amines is 1. The number of methoxy groups -OCH3 is 1. The minimum Gasteiger partial charge on any atom is -0.477 e. The van der Waals surface area contributed by atoms with Gasteiger partial charge >= 0.3 is 12.1 Å². The highest BCUT2D eigenvalue weighted by Crippen LogP contribution is 2.48. The van der Waals surface area contributed by atoms with E-state index < -0.39 is 41.0 Å². The van der Waals surface area contributed by atoms with Crippen molar-refractivity contribution < 1.29 is 33.8 Å². The zero-order valence-electron chi connectivity index (χ0n) is 21.9. The number of nitrogens with zero attached hydrogens (tertiary/aromatic N) is 4. The Balaban J connectivity index is 1.57. The molecule has 3 unspecified atom stereocenters. The highest BCUT2D eigenvalue weighted by Gasteiger charge is 2.67. The number of aromatic nitrogens is 4. The lowest BCUT2D eigenvalue weighted by Gasteiger charge is -2.56. The molecule has 2 aliphatic heterocycles. The second kappa shape index (κ2) is 12.7. The van der Waals surface area contributed by atoms with Gasteiger partial charge in [0.2, 0.25) is 11.1 Å². The first-order chi connectivity index (χ1) is 19.2. The second-order valence-corrected chi connectivity index (χ2v) is 11.3. The lowest BCUT2D eigenvalue weighted by molar-refractivity contribution is -0.193. The number of alkyl carbamates (subject to hydrolysis) is 1. The van der Waals surface area contributed by atoms with Crippen LogP contribution >= 0.6 is 23.5 Å². The van der Waals surface area contributed by atoms with Crippen molar-refractivity contribution in [3.05, 3.63) is 47.2 Å². The van der Waals surface area contributed by atoms with Gasteiger partial charge in [-0.2, -0.15) is 5.21 Å². The van der Waals surface area contributed by atoms with E-state index in [2.05, 4.69) is 31.3 Å². The third-order valence-corrected chi connectivity index (χ3v) is 8.74. The summed E-state index contributed by atoms with van der Waals surface area (Å²) in [4.78, 5) is 53.0. The molecule has 0 radical (unpaired) electrons. The van der Waals surface area contributed by atoms with Crippen molar-refractivity contribution >= 4 is 47.4 Å². The van der Waals surface area contributed by atoms with E-state index in [1.807, 2.05) is 6.92 Å². The third-order valence-electron chi connectivity index (χ3n) is 6.38. The van der Waals surface area contributed by atoms with Gasteiger partial charge in [-0.05, 0) is 29.7 Å². The summed E-state index contributed by atoms with van der Waals surface area (Å²) in [6.45, 7) is 3.93. The number of carboxylic acid groups (broad SMARTS) is 1. The summed E-state index contributed by atoms with van der Waals surface area (Å²) in [5.41, 5.74) is -1.08. The maximum atomic E-state index is 13.6. The molecule has 14 nitrogen and oxygen atoms in total. The molecule has 1 aromatic carbocycles. The number of carbonyl (C=O) groups excluding carboxylic acids is 3. The summed E-state index contributed by atoms with van der Waals surface area (Å²) in [6, 6.07) is 7.28.